The highest BCUT2D eigenvalue weighted by molar-refractivity contribution is 6.51. The van der Waals surface area contributed by atoms with Crippen molar-refractivity contribution in [2.24, 2.45) is 0 Å². The van der Waals surface area contributed by atoms with Gasteiger partial charge in [0.15, 0.2) is 0 Å². The van der Waals surface area contributed by atoms with E-state index in [0.717, 1.165) is 22.8 Å². The highest BCUT2D eigenvalue weighted by atomic mass is 16.3. The maximum Gasteiger partial charge on any atom is 0.300 e. The van der Waals surface area contributed by atoms with Crippen molar-refractivity contribution in [3.05, 3.63) is 113 Å². The van der Waals surface area contributed by atoms with Crippen LogP contribution in [0, 0.1) is 0 Å². The number of anilines is 1. The van der Waals surface area contributed by atoms with Crippen LogP contribution >= 0.6 is 0 Å². The Morgan fingerprint density at radius 2 is 1.53 bits per heavy atom. The molecule has 0 spiro atoms. The molecule has 5 nitrogen and oxygen atoms in total. The number of Topliss-reactive ketones (excluding diaryl/α,β-unsaturated/α-hetero) is 1. The summed E-state index contributed by atoms with van der Waals surface area (Å²) in [7, 11) is 0. The summed E-state index contributed by atoms with van der Waals surface area (Å²) in [4.78, 5) is 28.0. The number of amides is 1. The fraction of sp³-hybridized carbons (Fsp3) is 0.103. The topological polar surface area (TPSA) is 77.8 Å². The summed E-state index contributed by atoms with van der Waals surface area (Å²) >= 11 is 0. The molecule has 5 heteroatoms. The van der Waals surface area contributed by atoms with Gasteiger partial charge in [-0.2, -0.15) is 0 Å². The molecule has 2 N–H and O–H groups in total. The number of aliphatic hydroxyl groups is 1. The van der Waals surface area contributed by atoms with E-state index in [9.17, 15) is 19.8 Å². The van der Waals surface area contributed by atoms with Gasteiger partial charge in [0.2, 0.25) is 0 Å². The van der Waals surface area contributed by atoms with Crippen molar-refractivity contribution in [2.75, 3.05) is 4.90 Å². The van der Waals surface area contributed by atoms with Gasteiger partial charge in [0, 0.05) is 11.3 Å². The van der Waals surface area contributed by atoms with Gasteiger partial charge >= 0.3 is 0 Å². The zero-order valence-corrected chi connectivity index (χ0v) is 18.6. The van der Waals surface area contributed by atoms with E-state index in [0.29, 0.717) is 16.8 Å². The average molecular weight is 450 g/mol. The van der Waals surface area contributed by atoms with Gasteiger partial charge in [0.05, 0.1) is 11.6 Å². The van der Waals surface area contributed by atoms with Crippen molar-refractivity contribution < 1.29 is 19.8 Å². The Bertz CT molecular complexity index is 1440. The van der Waals surface area contributed by atoms with Gasteiger partial charge in [-0.25, -0.2) is 0 Å². The quantitative estimate of drug-likeness (QED) is 0.237. The third-order valence-corrected chi connectivity index (χ3v) is 6.30. The molecule has 0 aromatic heterocycles. The molecule has 0 saturated carbocycles. The Balaban J connectivity index is 1.70. The van der Waals surface area contributed by atoms with E-state index < -0.39 is 17.7 Å². The molecule has 1 atom stereocenters. The van der Waals surface area contributed by atoms with Crippen LogP contribution in [0.5, 0.6) is 5.75 Å². The van der Waals surface area contributed by atoms with Crippen molar-refractivity contribution >= 4 is 33.9 Å². The molecule has 1 heterocycles. The number of hydrogen-bond acceptors (Lipinski definition) is 4. The van der Waals surface area contributed by atoms with E-state index in [1.54, 1.807) is 18.2 Å². The molecule has 0 radical (unpaired) electrons. The smallest absolute Gasteiger partial charge is 0.300 e. The molecule has 168 valence electrons. The SMILES string of the molecule is CCc1ccc(N2C(=O)C(=O)/C(=C(\O)c3ccc4ccccc4c3)C2c2ccc(O)cc2)cc1. The number of fused-ring (bicyclic) bond motifs is 1. The van der Waals surface area contributed by atoms with E-state index in [-0.39, 0.29) is 17.1 Å². The van der Waals surface area contributed by atoms with Gasteiger partial charge in [-0.3, -0.25) is 14.5 Å². The molecule has 34 heavy (non-hydrogen) atoms. The minimum atomic E-state index is -0.834. The first-order chi connectivity index (χ1) is 16.5. The monoisotopic (exact) mass is 449 g/mol. The normalized spacial score (nSPS) is 17.4. The van der Waals surface area contributed by atoms with Crippen molar-refractivity contribution in [1.82, 2.24) is 0 Å². The number of aliphatic hydroxyl groups excluding tert-OH is 1. The molecule has 0 aliphatic carbocycles. The number of hydrogen-bond donors (Lipinski definition) is 2. The number of carbonyl (C=O) groups is 2. The van der Waals surface area contributed by atoms with Crippen LogP contribution < -0.4 is 4.90 Å². The molecule has 1 aliphatic rings. The number of ketones is 1. The Hall–Kier alpha value is -4.38. The van der Waals surface area contributed by atoms with Crippen LogP contribution in [0.1, 0.15) is 29.7 Å². The zero-order chi connectivity index (χ0) is 23.8. The number of benzene rings is 4. The predicted molar refractivity (Wildman–Crippen MR) is 133 cm³/mol. The molecular weight excluding hydrogens is 426 g/mol. The van der Waals surface area contributed by atoms with Gasteiger partial charge in [-0.1, -0.05) is 67.6 Å². The second kappa shape index (κ2) is 8.52. The molecule has 0 bridgehead atoms. The Morgan fingerprint density at radius 3 is 2.21 bits per heavy atom. The lowest BCUT2D eigenvalue weighted by Crippen LogP contribution is -2.29. The maximum atomic E-state index is 13.3. The number of nitrogens with zero attached hydrogens (tertiary/aromatic N) is 1. The van der Waals surface area contributed by atoms with E-state index >= 15 is 0 Å². The number of aromatic hydroxyl groups is 1. The number of rotatable bonds is 4. The fourth-order valence-electron chi connectivity index (χ4n) is 4.46. The first-order valence-electron chi connectivity index (χ1n) is 11.2. The van der Waals surface area contributed by atoms with E-state index in [2.05, 4.69) is 0 Å². The first kappa shape index (κ1) is 21.5. The maximum absolute atomic E-state index is 13.3. The highest BCUT2D eigenvalue weighted by Gasteiger charge is 2.46. The summed E-state index contributed by atoms with van der Waals surface area (Å²) < 4.78 is 0. The van der Waals surface area contributed by atoms with Crippen molar-refractivity contribution in [3.63, 3.8) is 0 Å². The van der Waals surface area contributed by atoms with Crippen molar-refractivity contribution in [2.45, 2.75) is 19.4 Å². The molecule has 4 aromatic carbocycles. The third-order valence-electron chi connectivity index (χ3n) is 6.30. The second-order valence-electron chi connectivity index (χ2n) is 8.34. The second-order valence-corrected chi connectivity index (χ2v) is 8.34. The third kappa shape index (κ3) is 3.61. The molecule has 1 fully saturated rings. The zero-order valence-electron chi connectivity index (χ0n) is 18.6. The summed E-state index contributed by atoms with van der Waals surface area (Å²) in [5, 5.41) is 23.0. The number of phenols is 1. The minimum Gasteiger partial charge on any atom is -0.508 e. The van der Waals surface area contributed by atoms with E-state index in [1.807, 2.05) is 67.6 Å². The van der Waals surface area contributed by atoms with Crippen molar-refractivity contribution in [1.29, 1.82) is 0 Å². The summed E-state index contributed by atoms with van der Waals surface area (Å²) in [6, 6.07) is 26.1. The minimum absolute atomic E-state index is 0.0190. The van der Waals surface area contributed by atoms with Gasteiger partial charge < -0.3 is 10.2 Å². The molecule has 1 saturated heterocycles. The van der Waals surface area contributed by atoms with Crippen LogP contribution in [0.2, 0.25) is 0 Å². The Kier molecular flexibility index (Phi) is 5.38. The summed E-state index contributed by atoms with van der Waals surface area (Å²) in [5.41, 5.74) is 2.76. The molecule has 1 amide bonds. The lowest BCUT2D eigenvalue weighted by atomic mass is 9.94. The summed E-state index contributed by atoms with van der Waals surface area (Å²) in [6.45, 7) is 2.04. The molecule has 1 aliphatic heterocycles. The van der Waals surface area contributed by atoms with Gasteiger partial charge in [-0.05, 0) is 58.7 Å². The highest BCUT2D eigenvalue weighted by Crippen LogP contribution is 2.42. The standard InChI is InChI=1S/C29H23NO4/c1-2-18-7-13-23(14-8-18)30-26(20-11-15-24(31)16-12-20)25(28(33)29(30)34)27(32)22-10-9-19-5-3-4-6-21(19)17-22/h3-17,26,31-32H,2H2,1H3/b27-25-. The van der Waals surface area contributed by atoms with Crippen LogP contribution in [0.4, 0.5) is 5.69 Å². The van der Waals surface area contributed by atoms with Crippen molar-refractivity contribution in [3.8, 4) is 5.75 Å². The van der Waals surface area contributed by atoms with Gasteiger partial charge in [0.1, 0.15) is 11.5 Å². The first-order valence-corrected chi connectivity index (χ1v) is 11.2. The molecule has 4 aromatic rings. The fourth-order valence-corrected chi connectivity index (χ4v) is 4.46. The van der Waals surface area contributed by atoms with Crippen LogP contribution in [-0.4, -0.2) is 21.9 Å². The summed E-state index contributed by atoms with van der Waals surface area (Å²) in [5.74, 6) is -1.61. The number of carbonyl (C=O) groups excluding carboxylic acids is 2. The number of aryl methyl sites for hydroxylation is 1. The molecule has 1 unspecified atom stereocenters. The van der Waals surface area contributed by atoms with Crippen LogP contribution in [0.15, 0.2) is 96.6 Å². The molecular formula is C29H23NO4. The summed E-state index contributed by atoms with van der Waals surface area (Å²) in [6.07, 6.45) is 0.850. The number of phenolic OH excluding ortho intramolecular Hbond substituents is 1. The average Bonchev–Trinajstić information content (AvgIpc) is 3.14. The Labute approximate surface area is 197 Å². The Morgan fingerprint density at radius 1 is 0.853 bits per heavy atom. The largest absolute Gasteiger partial charge is 0.508 e. The lowest BCUT2D eigenvalue weighted by molar-refractivity contribution is -0.132. The van der Waals surface area contributed by atoms with Gasteiger partial charge in [0.25, 0.3) is 11.7 Å². The van der Waals surface area contributed by atoms with E-state index in [4.69, 9.17) is 0 Å². The van der Waals surface area contributed by atoms with Crippen LogP contribution in [0.3, 0.4) is 0 Å². The lowest BCUT2D eigenvalue weighted by Gasteiger charge is -2.25. The van der Waals surface area contributed by atoms with Gasteiger partial charge in [-0.15, -0.1) is 0 Å². The predicted octanol–water partition coefficient (Wildman–Crippen LogP) is 5.73. The van der Waals surface area contributed by atoms with Crippen LogP contribution in [-0.2, 0) is 16.0 Å². The molecule has 5 rings (SSSR count). The van der Waals surface area contributed by atoms with Crippen LogP contribution in [0.25, 0.3) is 16.5 Å². The van der Waals surface area contributed by atoms with E-state index in [1.165, 1.54) is 17.0 Å².